The molecule has 0 radical (unpaired) electrons. The van der Waals surface area contributed by atoms with Gasteiger partial charge >= 0.3 is 0 Å². The maximum atomic E-state index is 13.8. The second-order valence-electron chi connectivity index (χ2n) is 6.17. The van der Waals surface area contributed by atoms with Crippen molar-refractivity contribution in [2.75, 3.05) is 0 Å². The minimum absolute atomic E-state index is 0.160. The summed E-state index contributed by atoms with van der Waals surface area (Å²) in [7, 11) is 0. The van der Waals surface area contributed by atoms with Gasteiger partial charge in [0.1, 0.15) is 6.61 Å². The van der Waals surface area contributed by atoms with Crippen LogP contribution in [0.4, 0.5) is 4.39 Å². The van der Waals surface area contributed by atoms with Crippen molar-refractivity contribution in [2.45, 2.75) is 13.0 Å². The Kier molecular flexibility index (Phi) is 3.68. The zero-order valence-corrected chi connectivity index (χ0v) is 14.8. The van der Waals surface area contributed by atoms with Gasteiger partial charge < -0.3 is 9.30 Å². The summed E-state index contributed by atoms with van der Waals surface area (Å²) in [5, 5.41) is 8.83. The highest BCUT2D eigenvalue weighted by Gasteiger charge is 2.23. The van der Waals surface area contributed by atoms with E-state index in [0.717, 1.165) is 28.5 Å². The summed E-state index contributed by atoms with van der Waals surface area (Å²) in [5.41, 5.74) is 4.30. The number of benzene rings is 2. The SMILES string of the molecule is Fc1ccccc1OCc1ncn2c1Cc1cnnn1-c1cc(Cl)ccc1-2. The summed E-state index contributed by atoms with van der Waals surface area (Å²) in [6.45, 7) is 0.160. The van der Waals surface area contributed by atoms with E-state index in [0.29, 0.717) is 11.4 Å². The number of fused-ring (bicyclic) bond motifs is 5. The second kappa shape index (κ2) is 6.21. The summed E-state index contributed by atoms with van der Waals surface area (Å²) in [6.07, 6.45) is 4.02. The Morgan fingerprint density at radius 3 is 2.93 bits per heavy atom. The van der Waals surface area contributed by atoms with Crippen LogP contribution in [0.15, 0.2) is 55.0 Å². The van der Waals surface area contributed by atoms with Crippen LogP contribution in [0.2, 0.25) is 5.02 Å². The molecule has 0 saturated carbocycles. The topological polar surface area (TPSA) is 57.8 Å². The molecule has 134 valence electrons. The van der Waals surface area contributed by atoms with E-state index in [-0.39, 0.29) is 12.4 Å². The van der Waals surface area contributed by atoms with Gasteiger partial charge in [-0.05, 0) is 30.3 Å². The summed E-state index contributed by atoms with van der Waals surface area (Å²) >= 11 is 6.19. The van der Waals surface area contributed by atoms with Crippen molar-refractivity contribution < 1.29 is 9.13 Å². The van der Waals surface area contributed by atoms with Gasteiger partial charge in [-0.3, -0.25) is 0 Å². The van der Waals surface area contributed by atoms with E-state index in [1.165, 1.54) is 6.07 Å². The maximum absolute atomic E-state index is 13.8. The molecule has 0 unspecified atom stereocenters. The fourth-order valence-electron chi connectivity index (χ4n) is 3.26. The molecular formula is C19H13ClFN5O. The first-order chi connectivity index (χ1) is 13.2. The van der Waals surface area contributed by atoms with Crippen LogP contribution in [0.3, 0.4) is 0 Å². The average Bonchev–Trinajstić information content (AvgIpc) is 3.26. The van der Waals surface area contributed by atoms with Crippen LogP contribution in [-0.2, 0) is 13.0 Å². The number of imidazole rings is 1. The third-order valence-electron chi connectivity index (χ3n) is 4.55. The quantitative estimate of drug-likeness (QED) is 0.478. The number of hydrogen-bond acceptors (Lipinski definition) is 4. The van der Waals surface area contributed by atoms with E-state index in [4.69, 9.17) is 16.3 Å². The molecule has 6 nitrogen and oxygen atoms in total. The molecule has 0 N–H and O–H groups in total. The van der Waals surface area contributed by atoms with Crippen molar-refractivity contribution in [1.82, 2.24) is 24.5 Å². The zero-order chi connectivity index (χ0) is 18.4. The average molecular weight is 382 g/mol. The Bertz CT molecular complexity index is 1150. The first-order valence-corrected chi connectivity index (χ1v) is 8.71. The minimum Gasteiger partial charge on any atom is -0.484 e. The lowest BCUT2D eigenvalue weighted by molar-refractivity contribution is 0.285. The highest BCUT2D eigenvalue weighted by Crippen LogP contribution is 2.31. The molecule has 5 rings (SSSR count). The van der Waals surface area contributed by atoms with Crippen LogP contribution in [-0.4, -0.2) is 24.5 Å². The largest absolute Gasteiger partial charge is 0.484 e. The van der Waals surface area contributed by atoms with Gasteiger partial charge in [-0.15, -0.1) is 5.10 Å². The molecule has 0 amide bonds. The van der Waals surface area contributed by atoms with E-state index in [2.05, 4.69) is 15.3 Å². The lowest BCUT2D eigenvalue weighted by Crippen LogP contribution is -2.04. The zero-order valence-electron chi connectivity index (χ0n) is 14.0. The second-order valence-corrected chi connectivity index (χ2v) is 6.61. The normalized spacial score (nSPS) is 12.1. The van der Waals surface area contributed by atoms with Crippen molar-refractivity contribution in [3.05, 3.63) is 82.9 Å². The van der Waals surface area contributed by atoms with Gasteiger partial charge in [-0.1, -0.05) is 28.9 Å². The first-order valence-electron chi connectivity index (χ1n) is 8.33. The van der Waals surface area contributed by atoms with E-state index < -0.39 is 5.82 Å². The minimum atomic E-state index is -0.398. The van der Waals surface area contributed by atoms with Gasteiger partial charge in [0, 0.05) is 11.4 Å². The van der Waals surface area contributed by atoms with Crippen LogP contribution in [0.25, 0.3) is 11.4 Å². The van der Waals surface area contributed by atoms with Crippen LogP contribution in [0.1, 0.15) is 17.1 Å². The highest BCUT2D eigenvalue weighted by atomic mass is 35.5. The molecule has 1 aliphatic rings. The fraction of sp³-hybridized carbons (Fsp3) is 0.105. The Balaban J connectivity index is 1.57. The molecule has 4 aromatic rings. The number of rotatable bonds is 3. The maximum Gasteiger partial charge on any atom is 0.165 e. The predicted molar refractivity (Wildman–Crippen MR) is 97.0 cm³/mol. The Morgan fingerprint density at radius 2 is 2.04 bits per heavy atom. The third-order valence-corrected chi connectivity index (χ3v) is 4.78. The standard InChI is InChI=1S/C19H13ClFN5O/c20-12-5-6-16-18(7-12)26-13(9-23-24-26)8-17-15(22-11-25(16)17)10-27-19-4-2-1-3-14(19)21/h1-7,9,11H,8,10H2. The van der Waals surface area contributed by atoms with Crippen molar-refractivity contribution in [3.8, 4) is 17.1 Å². The number of halogens is 2. The van der Waals surface area contributed by atoms with Gasteiger partial charge in [0.15, 0.2) is 11.6 Å². The molecule has 1 aliphatic heterocycles. The molecule has 2 aromatic carbocycles. The molecule has 8 heteroatoms. The molecule has 0 saturated heterocycles. The van der Waals surface area contributed by atoms with Crippen LogP contribution >= 0.6 is 11.6 Å². The third kappa shape index (κ3) is 2.67. The molecule has 0 aliphatic carbocycles. The molecular weight excluding hydrogens is 369 g/mol. The lowest BCUT2D eigenvalue weighted by atomic mass is 10.2. The van der Waals surface area contributed by atoms with Gasteiger partial charge in [0.2, 0.25) is 0 Å². The lowest BCUT2D eigenvalue weighted by Gasteiger charge is -2.10. The summed E-state index contributed by atoms with van der Waals surface area (Å²) in [4.78, 5) is 4.50. The summed E-state index contributed by atoms with van der Waals surface area (Å²) in [5.74, 6) is -0.197. The monoisotopic (exact) mass is 381 g/mol. The summed E-state index contributed by atoms with van der Waals surface area (Å²) < 4.78 is 23.2. The van der Waals surface area contributed by atoms with E-state index in [1.54, 1.807) is 35.4 Å². The molecule has 2 aromatic heterocycles. The van der Waals surface area contributed by atoms with Crippen molar-refractivity contribution in [3.63, 3.8) is 0 Å². The summed E-state index contributed by atoms with van der Waals surface area (Å²) in [6, 6.07) is 11.9. The smallest absolute Gasteiger partial charge is 0.165 e. The Morgan fingerprint density at radius 1 is 1.15 bits per heavy atom. The van der Waals surface area contributed by atoms with Crippen molar-refractivity contribution in [1.29, 1.82) is 0 Å². The molecule has 3 heterocycles. The van der Waals surface area contributed by atoms with Gasteiger partial charge in [0.25, 0.3) is 0 Å². The van der Waals surface area contributed by atoms with E-state index in [9.17, 15) is 4.39 Å². The number of aromatic nitrogens is 5. The fourth-order valence-corrected chi connectivity index (χ4v) is 3.42. The van der Waals surface area contributed by atoms with Gasteiger partial charge in [-0.25, -0.2) is 14.1 Å². The Hall–Kier alpha value is -3.19. The predicted octanol–water partition coefficient (Wildman–Crippen LogP) is 3.73. The van der Waals surface area contributed by atoms with Crippen LogP contribution in [0.5, 0.6) is 5.75 Å². The number of hydrogen-bond donors (Lipinski definition) is 0. The molecule has 0 atom stereocenters. The number of ether oxygens (including phenoxy) is 1. The van der Waals surface area contributed by atoms with Crippen molar-refractivity contribution in [2.24, 2.45) is 0 Å². The first kappa shape index (κ1) is 16.0. The van der Waals surface area contributed by atoms with Crippen molar-refractivity contribution >= 4 is 11.6 Å². The molecule has 0 spiro atoms. The molecule has 0 fully saturated rings. The Labute approximate surface area is 158 Å². The van der Waals surface area contributed by atoms with Gasteiger partial charge in [-0.2, -0.15) is 0 Å². The van der Waals surface area contributed by atoms with Crippen LogP contribution in [0, 0.1) is 5.82 Å². The molecule has 27 heavy (non-hydrogen) atoms. The number of para-hydroxylation sites is 1. The molecule has 0 bridgehead atoms. The highest BCUT2D eigenvalue weighted by molar-refractivity contribution is 6.30. The van der Waals surface area contributed by atoms with Crippen LogP contribution < -0.4 is 4.74 Å². The van der Waals surface area contributed by atoms with E-state index >= 15 is 0 Å². The van der Waals surface area contributed by atoms with E-state index in [1.807, 2.05) is 22.8 Å². The van der Waals surface area contributed by atoms with Gasteiger partial charge in [0.05, 0.1) is 41.0 Å². The number of nitrogens with zero attached hydrogens (tertiary/aromatic N) is 5.